The number of nitrogens with one attached hydrogen (secondary N) is 1. The van der Waals surface area contributed by atoms with E-state index in [1.807, 2.05) is 25.3 Å². The smallest absolute Gasteiger partial charge is 0.118 e. The van der Waals surface area contributed by atoms with E-state index in [1.165, 1.54) is 11.1 Å². The maximum atomic E-state index is 5.16. The van der Waals surface area contributed by atoms with Crippen LogP contribution in [-0.2, 0) is 12.8 Å². The molecular weight excluding hydrogens is 260 g/mol. The fourth-order valence-corrected chi connectivity index (χ4v) is 2.21. The second-order valence-electron chi connectivity index (χ2n) is 5.26. The number of methoxy groups -OCH3 is 1. The van der Waals surface area contributed by atoms with Crippen LogP contribution < -0.4 is 10.1 Å². The zero-order chi connectivity index (χ0) is 14.9. The molecule has 3 heteroatoms. The summed E-state index contributed by atoms with van der Waals surface area (Å²) in [6.07, 6.45) is 5.26. The van der Waals surface area contributed by atoms with Gasteiger partial charge in [-0.3, -0.25) is 4.98 Å². The normalized spacial score (nSPS) is 10.6. The number of ether oxygens (including phenoxy) is 1. The van der Waals surface area contributed by atoms with Crippen LogP contribution in [0.1, 0.15) is 23.2 Å². The molecule has 1 aromatic carbocycles. The summed E-state index contributed by atoms with van der Waals surface area (Å²) in [5, 5.41) is 3.49. The minimum atomic E-state index is 0.920. The Morgan fingerprint density at radius 2 is 1.71 bits per heavy atom. The number of rotatable bonds is 8. The first-order valence-electron chi connectivity index (χ1n) is 7.53. The zero-order valence-electron chi connectivity index (χ0n) is 12.9. The molecular formula is C18H24N2O. The third-order valence-corrected chi connectivity index (χ3v) is 3.54. The van der Waals surface area contributed by atoms with Gasteiger partial charge in [0, 0.05) is 11.9 Å². The molecule has 1 heterocycles. The van der Waals surface area contributed by atoms with Crippen LogP contribution in [0, 0.1) is 6.92 Å². The molecule has 0 aliphatic rings. The van der Waals surface area contributed by atoms with Crippen molar-refractivity contribution in [3.8, 4) is 5.75 Å². The van der Waals surface area contributed by atoms with Crippen LogP contribution in [0.5, 0.6) is 5.75 Å². The lowest BCUT2D eigenvalue weighted by Crippen LogP contribution is -2.19. The standard InChI is InChI=1S/C18H24N2O/c1-15-5-6-17(14-20-15)11-13-19-12-3-4-16-7-9-18(21-2)10-8-16/h5-10,14,19H,3-4,11-13H2,1-2H3. The van der Waals surface area contributed by atoms with E-state index in [-0.39, 0.29) is 0 Å². The van der Waals surface area contributed by atoms with E-state index >= 15 is 0 Å². The molecule has 2 rings (SSSR count). The van der Waals surface area contributed by atoms with Gasteiger partial charge in [0.2, 0.25) is 0 Å². The minimum Gasteiger partial charge on any atom is -0.497 e. The summed E-state index contributed by atoms with van der Waals surface area (Å²) in [6, 6.07) is 12.5. The molecule has 0 bridgehead atoms. The fourth-order valence-electron chi connectivity index (χ4n) is 2.21. The SMILES string of the molecule is COc1ccc(CCCNCCc2ccc(C)nc2)cc1. The third-order valence-electron chi connectivity index (χ3n) is 3.54. The Hall–Kier alpha value is -1.87. The first-order chi connectivity index (χ1) is 10.3. The van der Waals surface area contributed by atoms with Gasteiger partial charge in [-0.05, 0) is 68.6 Å². The van der Waals surface area contributed by atoms with Crippen molar-refractivity contribution >= 4 is 0 Å². The lowest BCUT2D eigenvalue weighted by atomic mass is 10.1. The summed E-state index contributed by atoms with van der Waals surface area (Å²) >= 11 is 0. The molecule has 0 spiro atoms. The molecule has 0 amide bonds. The van der Waals surface area contributed by atoms with Crippen LogP contribution in [0.15, 0.2) is 42.6 Å². The van der Waals surface area contributed by atoms with Crippen LogP contribution >= 0.6 is 0 Å². The van der Waals surface area contributed by atoms with Crippen molar-refractivity contribution in [3.05, 3.63) is 59.4 Å². The van der Waals surface area contributed by atoms with E-state index in [4.69, 9.17) is 4.74 Å². The number of aromatic nitrogens is 1. The third kappa shape index (κ3) is 5.56. The molecule has 112 valence electrons. The van der Waals surface area contributed by atoms with Crippen LogP contribution in [0.4, 0.5) is 0 Å². The zero-order valence-corrected chi connectivity index (χ0v) is 12.9. The highest BCUT2D eigenvalue weighted by atomic mass is 16.5. The predicted octanol–water partition coefficient (Wildman–Crippen LogP) is 3.16. The molecule has 3 nitrogen and oxygen atoms in total. The Balaban J connectivity index is 1.58. The van der Waals surface area contributed by atoms with Crippen LogP contribution in [0.25, 0.3) is 0 Å². The van der Waals surface area contributed by atoms with Crippen molar-refractivity contribution in [1.82, 2.24) is 10.3 Å². The number of aryl methyl sites for hydroxylation is 2. The number of hydrogen-bond donors (Lipinski definition) is 1. The molecule has 1 aromatic heterocycles. The van der Waals surface area contributed by atoms with Crippen molar-refractivity contribution in [2.45, 2.75) is 26.2 Å². The van der Waals surface area contributed by atoms with E-state index in [9.17, 15) is 0 Å². The maximum Gasteiger partial charge on any atom is 0.118 e. The Bertz CT molecular complexity index is 520. The van der Waals surface area contributed by atoms with Crippen LogP contribution in [0.3, 0.4) is 0 Å². The fraction of sp³-hybridized carbons (Fsp3) is 0.389. The second-order valence-corrected chi connectivity index (χ2v) is 5.26. The Labute approximate surface area is 127 Å². The quantitative estimate of drug-likeness (QED) is 0.756. The summed E-state index contributed by atoms with van der Waals surface area (Å²) < 4.78 is 5.16. The Morgan fingerprint density at radius 3 is 2.38 bits per heavy atom. The summed E-state index contributed by atoms with van der Waals surface area (Å²) in [7, 11) is 1.70. The molecule has 0 unspecified atom stereocenters. The molecule has 1 N–H and O–H groups in total. The van der Waals surface area contributed by atoms with Crippen molar-refractivity contribution < 1.29 is 4.74 Å². The van der Waals surface area contributed by atoms with Crippen molar-refractivity contribution in [1.29, 1.82) is 0 Å². The van der Waals surface area contributed by atoms with Crippen LogP contribution in [-0.4, -0.2) is 25.2 Å². The van der Waals surface area contributed by atoms with E-state index in [2.05, 4.69) is 34.6 Å². The summed E-state index contributed by atoms with van der Waals surface area (Å²) in [6.45, 7) is 4.07. The molecule has 0 saturated heterocycles. The monoisotopic (exact) mass is 284 g/mol. The van der Waals surface area contributed by atoms with Crippen molar-refractivity contribution in [2.24, 2.45) is 0 Å². The number of pyridine rings is 1. The summed E-state index contributed by atoms with van der Waals surface area (Å²) in [5.74, 6) is 0.920. The molecule has 0 aliphatic carbocycles. The predicted molar refractivity (Wildman–Crippen MR) is 86.9 cm³/mol. The molecule has 2 aromatic rings. The van der Waals surface area contributed by atoms with Crippen molar-refractivity contribution in [3.63, 3.8) is 0 Å². The average molecular weight is 284 g/mol. The van der Waals surface area contributed by atoms with Gasteiger partial charge >= 0.3 is 0 Å². The van der Waals surface area contributed by atoms with E-state index in [0.717, 1.165) is 43.8 Å². The molecule has 0 fully saturated rings. The molecule has 0 aliphatic heterocycles. The largest absolute Gasteiger partial charge is 0.497 e. The number of nitrogens with zero attached hydrogens (tertiary/aromatic N) is 1. The average Bonchev–Trinajstić information content (AvgIpc) is 2.53. The molecule has 0 atom stereocenters. The Kier molecular flexibility index (Phi) is 6.22. The highest BCUT2D eigenvalue weighted by Gasteiger charge is 1.96. The van der Waals surface area contributed by atoms with Gasteiger partial charge in [0.15, 0.2) is 0 Å². The van der Waals surface area contributed by atoms with Gasteiger partial charge < -0.3 is 10.1 Å². The molecule has 21 heavy (non-hydrogen) atoms. The van der Waals surface area contributed by atoms with Gasteiger partial charge in [-0.25, -0.2) is 0 Å². The van der Waals surface area contributed by atoms with E-state index in [0.29, 0.717) is 0 Å². The van der Waals surface area contributed by atoms with Gasteiger partial charge in [-0.1, -0.05) is 18.2 Å². The number of hydrogen-bond acceptors (Lipinski definition) is 3. The first kappa shape index (κ1) is 15.5. The van der Waals surface area contributed by atoms with Crippen molar-refractivity contribution in [2.75, 3.05) is 20.2 Å². The van der Waals surface area contributed by atoms with E-state index in [1.54, 1.807) is 7.11 Å². The minimum absolute atomic E-state index is 0.920. The summed E-state index contributed by atoms with van der Waals surface area (Å²) in [4.78, 5) is 4.31. The highest BCUT2D eigenvalue weighted by molar-refractivity contribution is 5.27. The highest BCUT2D eigenvalue weighted by Crippen LogP contribution is 2.12. The lowest BCUT2D eigenvalue weighted by molar-refractivity contribution is 0.414. The van der Waals surface area contributed by atoms with Gasteiger partial charge in [0.05, 0.1) is 7.11 Å². The van der Waals surface area contributed by atoms with Gasteiger partial charge in [0.25, 0.3) is 0 Å². The molecule has 0 saturated carbocycles. The summed E-state index contributed by atoms with van der Waals surface area (Å²) in [5.41, 5.74) is 3.73. The first-order valence-corrected chi connectivity index (χ1v) is 7.53. The van der Waals surface area contributed by atoms with Gasteiger partial charge in [0.1, 0.15) is 5.75 Å². The van der Waals surface area contributed by atoms with Gasteiger partial charge in [-0.2, -0.15) is 0 Å². The molecule has 0 radical (unpaired) electrons. The second kappa shape index (κ2) is 8.42. The van der Waals surface area contributed by atoms with Gasteiger partial charge in [-0.15, -0.1) is 0 Å². The lowest BCUT2D eigenvalue weighted by Gasteiger charge is -2.06. The Morgan fingerprint density at radius 1 is 0.952 bits per heavy atom. The van der Waals surface area contributed by atoms with Crippen LogP contribution in [0.2, 0.25) is 0 Å². The topological polar surface area (TPSA) is 34.1 Å². The maximum absolute atomic E-state index is 5.16. The van der Waals surface area contributed by atoms with E-state index < -0.39 is 0 Å². The number of benzene rings is 1.